The standard InChI is InChI=1S/C9H13N3O4S/c1-7(6-17(2,15)16)11-8-4-3-5-10-9(8)12(13)14/h3-5,7,11H,6H2,1-2H3. The van der Waals surface area contributed by atoms with Crippen molar-refractivity contribution in [3.05, 3.63) is 28.4 Å². The summed E-state index contributed by atoms with van der Waals surface area (Å²) in [5, 5.41) is 13.4. The van der Waals surface area contributed by atoms with E-state index in [2.05, 4.69) is 10.3 Å². The van der Waals surface area contributed by atoms with Crippen molar-refractivity contribution < 1.29 is 13.3 Å². The number of anilines is 1. The fourth-order valence-electron chi connectivity index (χ4n) is 1.42. The van der Waals surface area contributed by atoms with E-state index in [0.29, 0.717) is 0 Å². The molecule has 0 amide bonds. The van der Waals surface area contributed by atoms with Crippen LogP contribution in [0.5, 0.6) is 0 Å². The third-order valence-corrected chi connectivity index (χ3v) is 3.02. The number of rotatable bonds is 5. The molecule has 0 aliphatic carbocycles. The van der Waals surface area contributed by atoms with E-state index in [-0.39, 0.29) is 17.3 Å². The molecule has 0 aliphatic heterocycles. The molecule has 7 nitrogen and oxygen atoms in total. The van der Waals surface area contributed by atoms with Crippen LogP contribution in [-0.4, -0.2) is 36.4 Å². The molecule has 0 bridgehead atoms. The summed E-state index contributed by atoms with van der Waals surface area (Å²) < 4.78 is 22.1. The molecular weight excluding hydrogens is 246 g/mol. The summed E-state index contributed by atoms with van der Waals surface area (Å²) in [6.07, 6.45) is 2.42. The second-order valence-corrected chi connectivity index (χ2v) is 5.95. The number of hydrogen-bond donors (Lipinski definition) is 1. The van der Waals surface area contributed by atoms with Crippen LogP contribution in [0, 0.1) is 10.1 Å². The van der Waals surface area contributed by atoms with Gasteiger partial charge in [-0.2, -0.15) is 0 Å². The van der Waals surface area contributed by atoms with Crippen LogP contribution >= 0.6 is 0 Å². The zero-order valence-corrected chi connectivity index (χ0v) is 10.3. The first kappa shape index (κ1) is 13.4. The molecule has 0 fully saturated rings. The molecule has 1 heterocycles. The van der Waals surface area contributed by atoms with Crippen LogP contribution in [0.2, 0.25) is 0 Å². The van der Waals surface area contributed by atoms with Gasteiger partial charge in [-0.05, 0) is 29.0 Å². The number of nitrogens with one attached hydrogen (secondary N) is 1. The fourth-order valence-corrected chi connectivity index (χ4v) is 2.41. The van der Waals surface area contributed by atoms with Crippen LogP contribution < -0.4 is 5.32 Å². The van der Waals surface area contributed by atoms with Crippen molar-refractivity contribution in [3.8, 4) is 0 Å². The summed E-state index contributed by atoms with van der Waals surface area (Å²) in [5.41, 5.74) is 0.216. The van der Waals surface area contributed by atoms with Crippen molar-refractivity contribution in [1.82, 2.24) is 4.98 Å². The van der Waals surface area contributed by atoms with Crippen LogP contribution in [0.1, 0.15) is 6.92 Å². The first-order valence-electron chi connectivity index (χ1n) is 4.83. The van der Waals surface area contributed by atoms with Gasteiger partial charge in [-0.25, -0.2) is 8.42 Å². The summed E-state index contributed by atoms with van der Waals surface area (Å²) in [6.45, 7) is 1.64. The van der Waals surface area contributed by atoms with Gasteiger partial charge in [-0.15, -0.1) is 0 Å². The molecule has 0 saturated heterocycles. The van der Waals surface area contributed by atoms with Gasteiger partial charge in [0.25, 0.3) is 0 Å². The Hall–Kier alpha value is -1.70. The SMILES string of the molecule is CC(CS(C)(=O)=O)Nc1cccnc1[N+](=O)[O-]. The van der Waals surface area contributed by atoms with E-state index < -0.39 is 20.8 Å². The zero-order chi connectivity index (χ0) is 13.1. The van der Waals surface area contributed by atoms with Gasteiger partial charge in [0.1, 0.15) is 21.7 Å². The number of nitro groups is 1. The largest absolute Gasteiger partial charge is 0.386 e. The van der Waals surface area contributed by atoms with E-state index in [0.717, 1.165) is 6.26 Å². The summed E-state index contributed by atoms with van der Waals surface area (Å²) >= 11 is 0. The Bertz CT molecular complexity index is 515. The Morgan fingerprint density at radius 1 is 1.59 bits per heavy atom. The molecule has 1 aromatic rings. The van der Waals surface area contributed by atoms with Crippen LogP contribution in [0.4, 0.5) is 11.5 Å². The van der Waals surface area contributed by atoms with Crippen molar-refractivity contribution in [2.75, 3.05) is 17.3 Å². The van der Waals surface area contributed by atoms with Crippen molar-refractivity contribution in [3.63, 3.8) is 0 Å². The molecule has 1 atom stereocenters. The Kier molecular flexibility index (Phi) is 4.00. The second-order valence-electron chi connectivity index (χ2n) is 3.77. The van der Waals surface area contributed by atoms with Gasteiger partial charge in [0, 0.05) is 12.3 Å². The summed E-state index contributed by atoms with van der Waals surface area (Å²) in [5.74, 6) is -0.410. The minimum absolute atomic E-state index is 0.0982. The molecule has 1 N–H and O–H groups in total. The Morgan fingerprint density at radius 3 is 2.76 bits per heavy atom. The van der Waals surface area contributed by atoms with E-state index in [4.69, 9.17) is 0 Å². The first-order valence-corrected chi connectivity index (χ1v) is 6.89. The molecule has 0 aliphatic rings. The molecular formula is C9H13N3O4S. The summed E-state index contributed by atoms with van der Waals surface area (Å²) in [4.78, 5) is 13.7. The Morgan fingerprint density at radius 2 is 2.24 bits per heavy atom. The number of nitrogens with zero attached hydrogens (tertiary/aromatic N) is 2. The molecule has 0 saturated carbocycles. The smallest absolute Gasteiger partial charge is 0.375 e. The zero-order valence-electron chi connectivity index (χ0n) is 9.45. The third-order valence-electron chi connectivity index (χ3n) is 1.91. The summed E-state index contributed by atoms with van der Waals surface area (Å²) in [7, 11) is -3.13. The van der Waals surface area contributed by atoms with Gasteiger partial charge in [0.05, 0.1) is 5.75 Å². The maximum atomic E-state index is 11.1. The highest BCUT2D eigenvalue weighted by Gasteiger charge is 2.17. The molecule has 1 rings (SSSR count). The van der Waals surface area contributed by atoms with E-state index in [1.807, 2.05) is 0 Å². The number of hydrogen-bond acceptors (Lipinski definition) is 6. The predicted octanol–water partition coefficient (Wildman–Crippen LogP) is 0.835. The lowest BCUT2D eigenvalue weighted by atomic mass is 10.3. The molecule has 8 heteroatoms. The molecule has 1 aromatic heterocycles. The number of aromatic nitrogens is 1. The Labute approximate surface area is 98.9 Å². The number of sulfone groups is 1. The van der Waals surface area contributed by atoms with Gasteiger partial charge < -0.3 is 15.4 Å². The first-order chi connectivity index (χ1) is 7.79. The van der Waals surface area contributed by atoms with E-state index in [1.165, 1.54) is 12.3 Å². The van der Waals surface area contributed by atoms with Crippen molar-refractivity contribution in [1.29, 1.82) is 0 Å². The van der Waals surface area contributed by atoms with Crippen LogP contribution in [-0.2, 0) is 9.84 Å². The normalized spacial score (nSPS) is 13.1. The van der Waals surface area contributed by atoms with E-state index >= 15 is 0 Å². The monoisotopic (exact) mass is 259 g/mol. The molecule has 0 aromatic carbocycles. The van der Waals surface area contributed by atoms with Crippen molar-refractivity contribution >= 4 is 21.3 Å². The van der Waals surface area contributed by atoms with Gasteiger partial charge >= 0.3 is 5.82 Å². The highest BCUT2D eigenvalue weighted by atomic mass is 32.2. The second kappa shape index (κ2) is 5.09. The average molecular weight is 259 g/mol. The highest BCUT2D eigenvalue weighted by Crippen LogP contribution is 2.20. The maximum absolute atomic E-state index is 11.1. The fraction of sp³-hybridized carbons (Fsp3) is 0.444. The minimum atomic E-state index is -3.13. The maximum Gasteiger partial charge on any atom is 0.386 e. The topological polar surface area (TPSA) is 102 Å². The van der Waals surface area contributed by atoms with E-state index in [9.17, 15) is 18.5 Å². The minimum Gasteiger partial charge on any atom is -0.375 e. The lowest BCUT2D eigenvalue weighted by Crippen LogP contribution is -2.25. The van der Waals surface area contributed by atoms with Gasteiger partial charge in [-0.3, -0.25) is 0 Å². The molecule has 17 heavy (non-hydrogen) atoms. The van der Waals surface area contributed by atoms with Crippen molar-refractivity contribution in [2.24, 2.45) is 0 Å². The number of pyridine rings is 1. The lowest BCUT2D eigenvalue weighted by Gasteiger charge is -2.13. The molecule has 1 unspecified atom stereocenters. The van der Waals surface area contributed by atoms with Gasteiger partial charge in [-0.1, -0.05) is 0 Å². The quantitative estimate of drug-likeness (QED) is 0.620. The molecule has 0 radical (unpaired) electrons. The molecule has 94 valence electrons. The van der Waals surface area contributed by atoms with E-state index in [1.54, 1.807) is 13.0 Å². The third kappa shape index (κ3) is 4.35. The predicted molar refractivity (Wildman–Crippen MR) is 63.7 cm³/mol. The van der Waals surface area contributed by atoms with Gasteiger partial charge in [0.2, 0.25) is 0 Å². The van der Waals surface area contributed by atoms with Crippen molar-refractivity contribution in [2.45, 2.75) is 13.0 Å². The van der Waals surface area contributed by atoms with Gasteiger partial charge in [0.15, 0.2) is 0 Å². The lowest BCUT2D eigenvalue weighted by molar-refractivity contribution is -0.388. The summed E-state index contributed by atoms with van der Waals surface area (Å²) in [6, 6.07) is 2.61. The van der Waals surface area contributed by atoms with Crippen LogP contribution in [0.15, 0.2) is 18.3 Å². The van der Waals surface area contributed by atoms with Crippen LogP contribution in [0.3, 0.4) is 0 Å². The van der Waals surface area contributed by atoms with Crippen LogP contribution in [0.25, 0.3) is 0 Å². The molecule has 0 spiro atoms. The average Bonchev–Trinajstić information content (AvgIpc) is 2.14. The Balaban J connectivity index is 2.85. The highest BCUT2D eigenvalue weighted by molar-refractivity contribution is 7.90.